The average Bonchev–Trinajstić information content (AvgIpc) is 3.35. The summed E-state index contributed by atoms with van der Waals surface area (Å²) in [5.41, 5.74) is 10.9. The minimum Gasteiger partial charge on any atom is -0.481 e. The maximum absolute atomic E-state index is 13.3. The summed E-state index contributed by atoms with van der Waals surface area (Å²) in [6.45, 7) is 13.0. The summed E-state index contributed by atoms with van der Waals surface area (Å²) >= 11 is 0. The molecule has 10 heteroatoms. The molecule has 0 fully saturated rings. The predicted octanol–water partition coefficient (Wildman–Crippen LogP) is 5.12. The number of aromatic nitrogens is 1. The van der Waals surface area contributed by atoms with Crippen LogP contribution in [0.2, 0.25) is 0 Å². The monoisotopic (exact) mass is 550 g/mol. The maximum Gasteiger partial charge on any atom is 0.519 e. The van der Waals surface area contributed by atoms with Crippen LogP contribution in [0.1, 0.15) is 83.7 Å². The molecule has 0 amide bonds. The molecule has 212 valence electrons. The highest BCUT2D eigenvalue weighted by atomic mass is 16.6. The van der Waals surface area contributed by atoms with E-state index in [2.05, 4.69) is 20.8 Å². The number of hydrogen-bond acceptors (Lipinski definition) is 9. The number of nitrogens with two attached hydrogens (primary N) is 1. The normalized spacial score (nSPS) is 12.7. The fourth-order valence-corrected chi connectivity index (χ4v) is 5.25. The van der Waals surface area contributed by atoms with Crippen LogP contribution in [0.3, 0.4) is 0 Å². The van der Waals surface area contributed by atoms with E-state index in [0.29, 0.717) is 28.8 Å². The van der Waals surface area contributed by atoms with Crippen molar-refractivity contribution in [3.05, 3.63) is 96.6 Å². The number of hydrogen-bond donors (Lipinski definition) is 2. The zero-order valence-electron chi connectivity index (χ0n) is 23.7. The van der Waals surface area contributed by atoms with Crippen molar-refractivity contribution in [2.24, 2.45) is 11.1 Å². The average molecular weight is 551 g/mol. The predicted molar refractivity (Wildman–Crippen MR) is 146 cm³/mol. The van der Waals surface area contributed by atoms with Crippen LogP contribution in [0.4, 0.5) is 0 Å². The number of nitrogens with zero attached hydrogens (tertiary/aromatic N) is 1. The van der Waals surface area contributed by atoms with E-state index in [-0.39, 0.29) is 35.0 Å². The molecular weight excluding hydrogens is 516 g/mol. The van der Waals surface area contributed by atoms with Gasteiger partial charge in [-0.25, -0.2) is 9.59 Å². The van der Waals surface area contributed by atoms with Gasteiger partial charge in [0.2, 0.25) is 0 Å². The van der Waals surface area contributed by atoms with E-state index in [1.54, 1.807) is 6.92 Å². The molecule has 3 N–H and O–H groups in total. The summed E-state index contributed by atoms with van der Waals surface area (Å²) in [5, 5.41) is 10.8. The Morgan fingerprint density at radius 1 is 0.925 bits per heavy atom. The molecule has 1 aromatic carbocycles. The van der Waals surface area contributed by atoms with Crippen LogP contribution in [0.25, 0.3) is 11.1 Å². The highest BCUT2D eigenvalue weighted by molar-refractivity contribution is 5.85. The second kappa shape index (κ2) is 10.8. The topological polar surface area (TPSA) is 163 Å². The first-order chi connectivity index (χ1) is 18.7. The third-order valence-electron chi connectivity index (χ3n) is 6.88. The maximum atomic E-state index is 13.3. The lowest BCUT2D eigenvalue weighted by Crippen LogP contribution is -2.26. The minimum atomic E-state index is -1.43. The van der Waals surface area contributed by atoms with Gasteiger partial charge in [0.15, 0.2) is 11.5 Å². The lowest BCUT2D eigenvalue weighted by atomic mass is 9.76. The van der Waals surface area contributed by atoms with Crippen LogP contribution in [0.15, 0.2) is 51.5 Å². The SMILES string of the molecule is Cc1ccc(-c2c(CN)c(CC(C)(C)C)nc(C)c2C(C(=O)O)C(c2oc(=O)oc2C)c2oc(=O)oc2C)cc1. The van der Waals surface area contributed by atoms with Crippen LogP contribution < -0.4 is 17.4 Å². The molecular formula is C30H34N2O8. The number of carboxylic acid groups (broad SMARTS) is 1. The van der Waals surface area contributed by atoms with Gasteiger partial charge < -0.3 is 28.5 Å². The molecule has 0 aliphatic rings. The first-order valence-electron chi connectivity index (χ1n) is 12.9. The Balaban J connectivity index is 2.15. The number of carbonyl (C=O) groups is 1. The highest BCUT2D eigenvalue weighted by Gasteiger charge is 2.43. The van der Waals surface area contributed by atoms with Crippen LogP contribution in [-0.4, -0.2) is 16.1 Å². The first-order valence-corrected chi connectivity index (χ1v) is 12.9. The van der Waals surface area contributed by atoms with Crippen LogP contribution in [0, 0.1) is 33.1 Å². The van der Waals surface area contributed by atoms with Crippen molar-refractivity contribution in [2.75, 3.05) is 0 Å². The van der Waals surface area contributed by atoms with Crippen molar-refractivity contribution in [1.29, 1.82) is 0 Å². The largest absolute Gasteiger partial charge is 0.519 e. The second-order valence-electron chi connectivity index (χ2n) is 11.3. The number of rotatable bonds is 8. The fourth-order valence-electron chi connectivity index (χ4n) is 5.25. The Morgan fingerprint density at radius 2 is 1.45 bits per heavy atom. The fraction of sp³-hybridized carbons (Fsp3) is 0.400. The van der Waals surface area contributed by atoms with Gasteiger partial charge in [-0.05, 0) is 61.8 Å². The molecule has 0 saturated carbocycles. The molecule has 0 saturated heterocycles. The molecule has 1 unspecified atom stereocenters. The number of aliphatic carboxylic acids is 1. The second-order valence-corrected chi connectivity index (χ2v) is 11.3. The molecule has 0 aliphatic carbocycles. The van der Waals surface area contributed by atoms with Gasteiger partial charge in [0.1, 0.15) is 23.4 Å². The van der Waals surface area contributed by atoms with Gasteiger partial charge in [-0.15, -0.1) is 0 Å². The molecule has 4 rings (SSSR count). The van der Waals surface area contributed by atoms with Gasteiger partial charge in [0.05, 0.1) is 0 Å². The van der Waals surface area contributed by atoms with Crippen molar-refractivity contribution in [1.82, 2.24) is 4.98 Å². The molecule has 0 radical (unpaired) electrons. The Hall–Kier alpha value is -4.18. The smallest absolute Gasteiger partial charge is 0.481 e. The summed E-state index contributed by atoms with van der Waals surface area (Å²) in [4.78, 5) is 42.4. The van der Waals surface area contributed by atoms with Crippen molar-refractivity contribution in [3.8, 4) is 11.1 Å². The van der Waals surface area contributed by atoms with E-state index in [9.17, 15) is 19.5 Å². The Kier molecular flexibility index (Phi) is 7.76. The van der Waals surface area contributed by atoms with E-state index < -0.39 is 29.4 Å². The van der Waals surface area contributed by atoms with Crippen molar-refractivity contribution < 1.29 is 27.6 Å². The van der Waals surface area contributed by atoms with E-state index in [1.807, 2.05) is 31.2 Å². The summed E-state index contributed by atoms with van der Waals surface area (Å²) in [5.74, 6) is -6.09. The van der Waals surface area contributed by atoms with Gasteiger partial charge in [-0.2, -0.15) is 0 Å². The number of benzene rings is 1. The molecule has 0 spiro atoms. The van der Waals surface area contributed by atoms with Crippen molar-refractivity contribution >= 4 is 5.97 Å². The van der Waals surface area contributed by atoms with E-state index >= 15 is 0 Å². The lowest BCUT2D eigenvalue weighted by molar-refractivity contribution is -0.139. The van der Waals surface area contributed by atoms with Crippen molar-refractivity contribution in [3.63, 3.8) is 0 Å². The molecule has 0 aliphatic heterocycles. The minimum absolute atomic E-state index is 0.0513. The summed E-state index contributed by atoms with van der Waals surface area (Å²) in [7, 11) is 0. The van der Waals surface area contributed by atoms with Gasteiger partial charge in [-0.1, -0.05) is 50.6 Å². The zero-order chi connectivity index (χ0) is 29.5. The molecule has 1 atom stereocenters. The van der Waals surface area contributed by atoms with Crippen molar-refractivity contribution in [2.45, 2.75) is 73.3 Å². The standard InChI is InChI=1S/C30H34N2O8/c1-14-8-10-18(11-9-14)22-19(13-31)20(12-30(5,6)7)32-15(2)21(22)23(27(33)34)24(25-16(3)37-28(35)39-25)26-17(4)38-29(36)40-26/h8-11,23-24H,12-13,31H2,1-7H3,(H,33,34). The van der Waals surface area contributed by atoms with Crippen LogP contribution in [-0.2, 0) is 17.8 Å². The van der Waals surface area contributed by atoms with Gasteiger partial charge >= 0.3 is 17.6 Å². The van der Waals surface area contributed by atoms with E-state index in [4.69, 9.17) is 28.4 Å². The third-order valence-corrected chi connectivity index (χ3v) is 6.88. The Bertz CT molecular complexity index is 1610. The highest BCUT2D eigenvalue weighted by Crippen LogP contribution is 2.46. The van der Waals surface area contributed by atoms with Gasteiger partial charge in [0.25, 0.3) is 0 Å². The van der Waals surface area contributed by atoms with Gasteiger partial charge in [0, 0.05) is 17.9 Å². The summed E-state index contributed by atoms with van der Waals surface area (Å²) < 4.78 is 20.9. The lowest BCUT2D eigenvalue weighted by Gasteiger charge is -2.29. The molecule has 40 heavy (non-hydrogen) atoms. The van der Waals surface area contributed by atoms with Gasteiger partial charge in [-0.3, -0.25) is 9.78 Å². The summed E-state index contributed by atoms with van der Waals surface area (Å²) in [6.07, 6.45) is 0.603. The molecule has 10 nitrogen and oxygen atoms in total. The molecule has 3 aromatic heterocycles. The number of pyridine rings is 1. The molecule has 0 bridgehead atoms. The quantitative estimate of drug-likeness (QED) is 0.301. The van der Waals surface area contributed by atoms with E-state index in [1.165, 1.54) is 13.8 Å². The van der Waals surface area contributed by atoms with Crippen LogP contribution in [0.5, 0.6) is 0 Å². The summed E-state index contributed by atoms with van der Waals surface area (Å²) in [6, 6.07) is 7.69. The van der Waals surface area contributed by atoms with E-state index in [0.717, 1.165) is 16.8 Å². The number of carboxylic acids is 1. The first kappa shape index (κ1) is 28.8. The Labute approximate surface area is 230 Å². The molecule has 3 heterocycles. The number of aryl methyl sites for hydroxylation is 4. The third kappa shape index (κ3) is 5.58. The van der Waals surface area contributed by atoms with Crippen LogP contribution >= 0.6 is 0 Å². The molecule has 4 aromatic rings. The zero-order valence-corrected chi connectivity index (χ0v) is 23.7. The Morgan fingerprint density at radius 3 is 1.85 bits per heavy atom.